The number of piperazine rings is 1. The number of methoxy groups -OCH3 is 1. The fourth-order valence-corrected chi connectivity index (χ4v) is 5.91. The Bertz CT molecular complexity index is 1770. The van der Waals surface area contributed by atoms with Crippen LogP contribution in [0.5, 0.6) is 5.75 Å². The van der Waals surface area contributed by atoms with Gasteiger partial charge in [-0.15, -0.1) is 5.10 Å². The highest BCUT2D eigenvalue weighted by atomic mass is 32.1. The van der Waals surface area contributed by atoms with Gasteiger partial charge < -0.3 is 19.3 Å². The number of nitrogens with zero attached hydrogens (tertiary/aromatic N) is 6. The first-order chi connectivity index (χ1) is 19.8. The first-order valence-electron chi connectivity index (χ1n) is 13.2. The van der Waals surface area contributed by atoms with E-state index < -0.39 is 17.2 Å². The Labute approximate surface area is 243 Å². The van der Waals surface area contributed by atoms with Crippen molar-refractivity contribution in [2.24, 2.45) is 4.99 Å². The van der Waals surface area contributed by atoms with Crippen molar-refractivity contribution in [3.05, 3.63) is 73.7 Å². The van der Waals surface area contributed by atoms with Crippen LogP contribution in [0.25, 0.3) is 10.9 Å². The highest BCUT2D eigenvalue weighted by molar-refractivity contribution is 7.73. The Morgan fingerprint density at radius 2 is 1.95 bits per heavy atom. The summed E-state index contributed by atoms with van der Waals surface area (Å²) in [5.74, 6) is -1.06. The Kier molecular flexibility index (Phi) is 7.41. The third kappa shape index (κ3) is 5.65. The minimum absolute atomic E-state index is 0.0973. The molecule has 41 heavy (non-hydrogen) atoms. The molecule has 1 aliphatic carbocycles. The number of fused-ring (bicyclic) bond motifs is 1. The normalized spacial score (nSPS) is 16.1. The lowest BCUT2D eigenvalue weighted by atomic mass is 10.1. The summed E-state index contributed by atoms with van der Waals surface area (Å²) in [5, 5.41) is 14.7. The first kappa shape index (κ1) is 27.2. The van der Waals surface area contributed by atoms with Gasteiger partial charge in [0, 0.05) is 50.0 Å². The molecule has 0 radical (unpaired) electrons. The van der Waals surface area contributed by atoms with Crippen LogP contribution in [0.2, 0.25) is 0 Å². The molecule has 1 aliphatic heterocycles. The lowest BCUT2D eigenvalue weighted by molar-refractivity contribution is 0.0695. The number of pyridine rings is 1. The summed E-state index contributed by atoms with van der Waals surface area (Å²) < 4.78 is 24.7. The second-order valence-corrected chi connectivity index (χ2v) is 11.7. The smallest absolute Gasteiger partial charge is 0.341 e. The summed E-state index contributed by atoms with van der Waals surface area (Å²) in [6.45, 7) is 2.97. The lowest BCUT2D eigenvalue weighted by Gasteiger charge is -2.36. The number of carbonyl (C=O) groups is 1. The molecule has 1 N–H and O–H groups in total. The minimum atomic E-state index is -1.30. The number of rotatable bonds is 8. The number of anilines is 1. The molecular formula is C28H27FN6O4S2. The molecule has 13 heteroatoms. The number of aromatic nitrogens is 3. The largest absolute Gasteiger partial charge is 0.497 e. The van der Waals surface area contributed by atoms with E-state index in [-0.39, 0.29) is 17.0 Å². The van der Waals surface area contributed by atoms with Crippen molar-refractivity contribution in [3.8, 4) is 5.75 Å². The quantitative estimate of drug-likeness (QED) is 0.231. The number of carboxylic acids is 1. The van der Waals surface area contributed by atoms with Crippen LogP contribution in [0, 0.1) is 9.77 Å². The number of aliphatic imine (C=N–C) groups is 1. The highest BCUT2D eigenvalue weighted by Crippen LogP contribution is 2.38. The van der Waals surface area contributed by atoms with Crippen LogP contribution in [0.1, 0.15) is 34.8 Å². The summed E-state index contributed by atoms with van der Waals surface area (Å²) >= 11 is 6.85. The molecule has 0 amide bonds. The zero-order valence-electron chi connectivity index (χ0n) is 22.2. The number of hydrogen-bond donors (Lipinski definition) is 1. The van der Waals surface area contributed by atoms with Crippen LogP contribution in [-0.2, 0) is 6.67 Å². The molecule has 3 heterocycles. The maximum Gasteiger partial charge on any atom is 0.341 e. The molecule has 2 aliphatic rings. The van der Waals surface area contributed by atoms with Gasteiger partial charge in [-0.2, -0.15) is 0 Å². The van der Waals surface area contributed by atoms with E-state index in [9.17, 15) is 14.7 Å². The zero-order valence-corrected chi connectivity index (χ0v) is 23.8. The molecule has 1 saturated heterocycles. The molecule has 0 unspecified atom stereocenters. The Hall–Kier alpha value is -3.94. The number of halogens is 1. The van der Waals surface area contributed by atoms with Gasteiger partial charge in [-0.1, -0.05) is 11.3 Å². The van der Waals surface area contributed by atoms with Gasteiger partial charge in [-0.3, -0.25) is 9.69 Å². The van der Waals surface area contributed by atoms with Crippen molar-refractivity contribution >= 4 is 57.5 Å². The van der Waals surface area contributed by atoms with Crippen LogP contribution >= 0.6 is 23.6 Å². The van der Waals surface area contributed by atoms with Gasteiger partial charge in [0.2, 0.25) is 10.6 Å². The standard InChI is InChI=1S/C28H27FN6O4S2/c1-39-19-6-2-17(3-7-19)14-30-27-31-35(28(40)41-27)16-32-8-10-33(11-9-32)24-13-23-20(12-22(24)29)25(36)21(26(37)38)15-34(23)18-4-5-18/h2-3,6-7,12-15,18H,4-5,8-11,16H2,1H3,(H,37,38)/b30-14+. The minimum Gasteiger partial charge on any atom is -0.497 e. The number of hydrogen-bond acceptors (Lipinski definition) is 9. The van der Waals surface area contributed by atoms with Crippen LogP contribution < -0.4 is 15.1 Å². The van der Waals surface area contributed by atoms with Crippen LogP contribution in [-0.4, -0.2) is 69.8 Å². The van der Waals surface area contributed by atoms with Crippen molar-refractivity contribution in [2.45, 2.75) is 25.6 Å². The van der Waals surface area contributed by atoms with Crippen LogP contribution in [0.4, 0.5) is 15.2 Å². The van der Waals surface area contributed by atoms with Gasteiger partial charge >= 0.3 is 5.97 Å². The van der Waals surface area contributed by atoms with Crippen molar-refractivity contribution in [3.63, 3.8) is 0 Å². The average Bonchev–Trinajstić information content (AvgIpc) is 3.76. The second-order valence-electron chi connectivity index (χ2n) is 10.1. The summed E-state index contributed by atoms with van der Waals surface area (Å²) in [5.41, 5.74) is 0.909. The maximum absolute atomic E-state index is 15.3. The number of aromatic carboxylic acids is 1. The van der Waals surface area contributed by atoms with E-state index in [0.717, 1.165) is 24.2 Å². The summed E-state index contributed by atoms with van der Waals surface area (Å²) in [6.07, 6.45) is 4.93. The zero-order chi connectivity index (χ0) is 28.7. The molecule has 1 saturated carbocycles. The fourth-order valence-electron chi connectivity index (χ4n) is 4.98. The predicted octanol–water partition coefficient (Wildman–Crippen LogP) is 4.70. The number of ether oxygens (including phenoxy) is 1. The van der Waals surface area contributed by atoms with Gasteiger partial charge in [0.05, 0.1) is 25.0 Å². The summed E-state index contributed by atoms with van der Waals surface area (Å²) in [6, 6.07) is 10.6. The maximum atomic E-state index is 15.3. The van der Waals surface area contributed by atoms with Crippen molar-refractivity contribution in [2.75, 3.05) is 38.2 Å². The van der Waals surface area contributed by atoms with Gasteiger partial charge in [-0.05, 0) is 67.0 Å². The van der Waals surface area contributed by atoms with Gasteiger partial charge in [0.15, 0.2) is 3.95 Å². The molecule has 0 spiro atoms. The lowest BCUT2D eigenvalue weighted by Crippen LogP contribution is -2.47. The topological polar surface area (TPSA) is 105 Å². The number of benzene rings is 2. The SMILES string of the molecule is COc1ccc(/C=N/c2nn(CN3CCN(c4cc5c(cc4F)c(=O)c(C(=O)O)cn5C4CC4)CC3)c(=S)s2)cc1. The predicted molar refractivity (Wildman–Crippen MR) is 158 cm³/mol. The van der Waals surface area contributed by atoms with E-state index in [4.69, 9.17) is 17.0 Å². The van der Waals surface area contributed by atoms with Crippen LogP contribution in [0.3, 0.4) is 0 Å². The van der Waals surface area contributed by atoms with Gasteiger partial charge in [0.25, 0.3) is 0 Å². The van der Waals surface area contributed by atoms with Gasteiger partial charge in [-0.25, -0.2) is 18.9 Å². The molecule has 2 aromatic heterocycles. The van der Waals surface area contributed by atoms with E-state index >= 15 is 4.39 Å². The van der Waals surface area contributed by atoms with Crippen molar-refractivity contribution in [1.29, 1.82) is 0 Å². The van der Waals surface area contributed by atoms with E-state index in [0.29, 0.717) is 53.1 Å². The van der Waals surface area contributed by atoms with Gasteiger partial charge in [0.1, 0.15) is 17.1 Å². The second kappa shape index (κ2) is 11.1. The molecule has 2 fully saturated rings. The Balaban J connectivity index is 1.15. The molecule has 2 aromatic carbocycles. The molecular weight excluding hydrogens is 567 g/mol. The monoisotopic (exact) mass is 594 g/mol. The summed E-state index contributed by atoms with van der Waals surface area (Å²) in [7, 11) is 1.62. The van der Waals surface area contributed by atoms with E-state index in [1.54, 1.807) is 24.1 Å². The Morgan fingerprint density at radius 3 is 2.61 bits per heavy atom. The first-order valence-corrected chi connectivity index (χ1v) is 14.4. The number of carboxylic acid groups (broad SMARTS) is 1. The molecule has 10 nitrogen and oxygen atoms in total. The van der Waals surface area contributed by atoms with Crippen LogP contribution in [0.15, 0.2) is 52.4 Å². The Morgan fingerprint density at radius 1 is 1.22 bits per heavy atom. The fraction of sp³-hybridized carbons (Fsp3) is 0.321. The highest BCUT2D eigenvalue weighted by Gasteiger charge is 2.28. The third-order valence-electron chi connectivity index (χ3n) is 7.35. The van der Waals surface area contributed by atoms with E-state index in [1.165, 1.54) is 23.6 Å². The van der Waals surface area contributed by atoms with E-state index in [2.05, 4.69) is 15.0 Å². The molecule has 212 valence electrons. The average molecular weight is 595 g/mol. The summed E-state index contributed by atoms with van der Waals surface area (Å²) in [4.78, 5) is 33.0. The molecule has 6 rings (SSSR count). The van der Waals surface area contributed by atoms with E-state index in [1.807, 2.05) is 33.7 Å². The molecule has 0 atom stereocenters. The van der Waals surface area contributed by atoms with Crippen molar-refractivity contribution < 1.29 is 19.0 Å². The van der Waals surface area contributed by atoms with Crippen molar-refractivity contribution in [1.82, 2.24) is 19.2 Å². The third-order valence-corrected chi connectivity index (χ3v) is 8.57. The molecule has 4 aromatic rings. The molecule has 0 bridgehead atoms.